The van der Waals surface area contributed by atoms with Crippen molar-refractivity contribution in [1.82, 2.24) is 5.32 Å². The summed E-state index contributed by atoms with van der Waals surface area (Å²) in [6, 6.07) is 10.0. The molecule has 18 heavy (non-hydrogen) atoms. The van der Waals surface area contributed by atoms with Gasteiger partial charge in [0.05, 0.1) is 12.0 Å². The fourth-order valence-electron chi connectivity index (χ4n) is 2.55. The predicted octanol–water partition coefficient (Wildman–Crippen LogP) is 2.26. The highest BCUT2D eigenvalue weighted by molar-refractivity contribution is 5.83. The minimum absolute atomic E-state index is 0.0583. The van der Waals surface area contributed by atoms with Gasteiger partial charge in [0, 0.05) is 0 Å². The zero-order valence-corrected chi connectivity index (χ0v) is 10.9. The van der Waals surface area contributed by atoms with Gasteiger partial charge in [-0.25, -0.2) is 0 Å². The molecule has 1 saturated heterocycles. The van der Waals surface area contributed by atoms with Crippen LogP contribution in [0.15, 0.2) is 30.3 Å². The number of benzene rings is 1. The first-order chi connectivity index (χ1) is 8.79. The summed E-state index contributed by atoms with van der Waals surface area (Å²) in [5.74, 6) is -0.0583. The van der Waals surface area contributed by atoms with Crippen LogP contribution in [0.25, 0.3) is 0 Å². The molecule has 0 atom stereocenters. The van der Waals surface area contributed by atoms with Crippen LogP contribution in [-0.4, -0.2) is 25.7 Å². The Labute approximate surface area is 109 Å². The van der Waals surface area contributed by atoms with Crippen molar-refractivity contribution in [3.8, 4) is 0 Å². The van der Waals surface area contributed by atoms with E-state index in [0.29, 0.717) is 6.61 Å². The van der Waals surface area contributed by atoms with Crippen LogP contribution in [0.4, 0.5) is 0 Å². The zero-order chi connectivity index (χ0) is 12.8. The Morgan fingerprint density at radius 1 is 1.28 bits per heavy atom. The number of carbonyl (C=O) groups is 1. The van der Waals surface area contributed by atoms with E-state index in [1.54, 1.807) is 0 Å². The maximum Gasteiger partial charge on any atom is 0.316 e. The van der Waals surface area contributed by atoms with Gasteiger partial charge in [0.15, 0.2) is 0 Å². The molecule has 2 rings (SSSR count). The normalized spacial score (nSPS) is 18.3. The highest BCUT2D eigenvalue weighted by atomic mass is 16.5. The van der Waals surface area contributed by atoms with Crippen molar-refractivity contribution in [3.63, 3.8) is 0 Å². The summed E-state index contributed by atoms with van der Waals surface area (Å²) in [7, 11) is 0. The summed E-state index contributed by atoms with van der Waals surface area (Å²) in [5, 5.41) is 3.31. The van der Waals surface area contributed by atoms with Crippen molar-refractivity contribution in [2.24, 2.45) is 0 Å². The lowest BCUT2D eigenvalue weighted by Gasteiger charge is -2.35. The maximum atomic E-state index is 12.4. The second-order valence-electron chi connectivity index (χ2n) is 4.83. The fraction of sp³-hybridized carbons (Fsp3) is 0.533. The van der Waals surface area contributed by atoms with E-state index < -0.39 is 5.41 Å². The molecule has 98 valence electrons. The van der Waals surface area contributed by atoms with E-state index in [9.17, 15) is 4.79 Å². The largest absolute Gasteiger partial charge is 0.465 e. The van der Waals surface area contributed by atoms with Gasteiger partial charge in [-0.2, -0.15) is 0 Å². The van der Waals surface area contributed by atoms with Gasteiger partial charge in [0.25, 0.3) is 0 Å². The molecule has 1 N–H and O–H groups in total. The third kappa shape index (κ3) is 2.56. The molecule has 0 aliphatic carbocycles. The molecule has 1 aromatic carbocycles. The predicted molar refractivity (Wildman–Crippen MR) is 71.5 cm³/mol. The molecule has 0 unspecified atom stereocenters. The van der Waals surface area contributed by atoms with E-state index in [2.05, 4.69) is 5.32 Å². The second kappa shape index (κ2) is 6.01. The number of hydrogen-bond donors (Lipinski definition) is 1. The molecule has 0 saturated carbocycles. The van der Waals surface area contributed by atoms with Crippen molar-refractivity contribution in [2.75, 3.05) is 19.7 Å². The van der Waals surface area contributed by atoms with Crippen LogP contribution in [0.2, 0.25) is 0 Å². The monoisotopic (exact) mass is 247 g/mol. The molecule has 0 spiro atoms. The van der Waals surface area contributed by atoms with E-state index in [0.717, 1.165) is 37.9 Å². The van der Waals surface area contributed by atoms with Gasteiger partial charge in [-0.05, 0) is 37.9 Å². The Kier molecular flexibility index (Phi) is 4.37. The van der Waals surface area contributed by atoms with Gasteiger partial charge in [0.1, 0.15) is 0 Å². The molecular weight excluding hydrogens is 226 g/mol. The van der Waals surface area contributed by atoms with Crippen LogP contribution >= 0.6 is 0 Å². The number of rotatable bonds is 4. The molecule has 0 amide bonds. The first-order valence-corrected chi connectivity index (χ1v) is 6.73. The number of hydrogen-bond acceptors (Lipinski definition) is 3. The van der Waals surface area contributed by atoms with Crippen molar-refractivity contribution < 1.29 is 9.53 Å². The van der Waals surface area contributed by atoms with Gasteiger partial charge in [-0.1, -0.05) is 37.3 Å². The van der Waals surface area contributed by atoms with Gasteiger partial charge >= 0.3 is 5.97 Å². The summed E-state index contributed by atoms with van der Waals surface area (Å²) in [6.07, 6.45) is 2.51. The Hall–Kier alpha value is -1.35. The Bertz CT molecular complexity index is 383. The molecule has 3 nitrogen and oxygen atoms in total. The Morgan fingerprint density at radius 2 is 1.94 bits per heavy atom. The molecule has 1 aliphatic rings. The highest BCUT2D eigenvalue weighted by Crippen LogP contribution is 2.34. The molecule has 0 aromatic heterocycles. The van der Waals surface area contributed by atoms with Gasteiger partial charge in [0.2, 0.25) is 0 Å². The number of nitrogens with one attached hydrogen (secondary N) is 1. The highest BCUT2D eigenvalue weighted by Gasteiger charge is 2.42. The average Bonchev–Trinajstić information content (AvgIpc) is 2.46. The molecule has 0 bridgehead atoms. The molecule has 0 radical (unpaired) electrons. The first-order valence-electron chi connectivity index (χ1n) is 6.73. The van der Waals surface area contributed by atoms with Crippen LogP contribution < -0.4 is 5.32 Å². The number of carbonyl (C=O) groups excluding carboxylic acids is 1. The van der Waals surface area contributed by atoms with Crippen molar-refractivity contribution in [3.05, 3.63) is 35.9 Å². The van der Waals surface area contributed by atoms with E-state index >= 15 is 0 Å². The summed E-state index contributed by atoms with van der Waals surface area (Å²) in [6.45, 7) is 4.28. The summed E-state index contributed by atoms with van der Waals surface area (Å²) >= 11 is 0. The minimum Gasteiger partial charge on any atom is -0.465 e. The van der Waals surface area contributed by atoms with Gasteiger partial charge in [-0.3, -0.25) is 4.79 Å². The fourth-order valence-corrected chi connectivity index (χ4v) is 2.55. The quantitative estimate of drug-likeness (QED) is 0.829. The van der Waals surface area contributed by atoms with Crippen LogP contribution in [-0.2, 0) is 14.9 Å². The number of ether oxygens (including phenoxy) is 1. The molecular formula is C15H21NO2. The molecule has 1 heterocycles. The van der Waals surface area contributed by atoms with Crippen molar-refractivity contribution in [2.45, 2.75) is 31.6 Å². The van der Waals surface area contributed by atoms with Gasteiger partial charge in [-0.15, -0.1) is 0 Å². The van der Waals surface area contributed by atoms with Crippen molar-refractivity contribution >= 4 is 5.97 Å². The SMILES string of the molecule is CCCOC(=O)C1(c2ccccc2)CCNCC1. The zero-order valence-electron chi connectivity index (χ0n) is 10.9. The summed E-state index contributed by atoms with van der Waals surface area (Å²) in [4.78, 5) is 12.4. The van der Waals surface area contributed by atoms with Gasteiger partial charge < -0.3 is 10.1 Å². The lowest BCUT2D eigenvalue weighted by atomic mass is 9.73. The topological polar surface area (TPSA) is 38.3 Å². The van der Waals surface area contributed by atoms with Crippen molar-refractivity contribution in [1.29, 1.82) is 0 Å². The smallest absolute Gasteiger partial charge is 0.316 e. The third-order valence-corrected chi connectivity index (χ3v) is 3.61. The van der Waals surface area contributed by atoms with E-state index in [4.69, 9.17) is 4.74 Å². The van der Waals surface area contributed by atoms with Crippen LogP contribution in [0.1, 0.15) is 31.7 Å². The first kappa shape index (κ1) is 13.1. The van der Waals surface area contributed by atoms with Crippen LogP contribution in [0, 0.1) is 0 Å². The summed E-state index contributed by atoms with van der Waals surface area (Å²) < 4.78 is 5.42. The minimum atomic E-state index is -0.443. The second-order valence-corrected chi connectivity index (χ2v) is 4.83. The third-order valence-electron chi connectivity index (χ3n) is 3.61. The Balaban J connectivity index is 2.25. The molecule has 3 heteroatoms. The van der Waals surface area contributed by atoms with E-state index in [1.165, 1.54) is 0 Å². The molecule has 1 aliphatic heterocycles. The number of piperidine rings is 1. The Morgan fingerprint density at radius 3 is 2.56 bits per heavy atom. The number of esters is 1. The van der Waals surface area contributed by atoms with E-state index in [1.807, 2.05) is 37.3 Å². The van der Waals surface area contributed by atoms with Crippen LogP contribution in [0.5, 0.6) is 0 Å². The molecule has 1 aromatic rings. The van der Waals surface area contributed by atoms with E-state index in [-0.39, 0.29) is 5.97 Å². The van der Waals surface area contributed by atoms with Crippen LogP contribution in [0.3, 0.4) is 0 Å². The lowest BCUT2D eigenvalue weighted by molar-refractivity contribution is -0.152. The maximum absolute atomic E-state index is 12.4. The molecule has 1 fully saturated rings. The average molecular weight is 247 g/mol. The summed E-state index contributed by atoms with van der Waals surface area (Å²) in [5.41, 5.74) is 0.648. The lowest BCUT2D eigenvalue weighted by Crippen LogP contribution is -2.46. The standard InChI is InChI=1S/C15H21NO2/c1-2-12-18-14(17)15(8-10-16-11-9-15)13-6-4-3-5-7-13/h3-7,16H,2,8-12H2,1H3.